The summed E-state index contributed by atoms with van der Waals surface area (Å²) in [5, 5.41) is 0.793. The summed E-state index contributed by atoms with van der Waals surface area (Å²) in [4.78, 5) is 0. The van der Waals surface area contributed by atoms with E-state index in [2.05, 4.69) is 86.6 Å². The largest absolute Gasteiger partial charge is 0.0836 e. The predicted octanol–water partition coefficient (Wildman–Crippen LogP) is 7.98. The summed E-state index contributed by atoms with van der Waals surface area (Å²) in [7, 11) is 0. The third-order valence-electron chi connectivity index (χ3n) is 5.95. The van der Waals surface area contributed by atoms with Crippen LogP contribution in [0.5, 0.6) is 0 Å². The number of hydrogen-bond donors (Lipinski definition) is 0. The molecule has 28 heavy (non-hydrogen) atoms. The molecular weight excluding hydrogens is 360 g/mol. The molecule has 1 aliphatic carbocycles. The summed E-state index contributed by atoms with van der Waals surface area (Å²) in [6.07, 6.45) is 0. The van der Waals surface area contributed by atoms with Crippen LogP contribution in [0, 0.1) is 0 Å². The zero-order valence-corrected chi connectivity index (χ0v) is 16.8. The molecular formula is C27H21Cl. The Kier molecular flexibility index (Phi) is 3.92. The van der Waals surface area contributed by atoms with E-state index in [1.165, 1.54) is 38.9 Å². The monoisotopic (exact) mass is 380 g/mol. The van der Waals surface area contributed by atoms with Crippen molar-refractivity contribution < 1.29 is 0 Å². The van der Waals surface area contributed by atoms with Crippen LogP contribution in [0.15, 0.2) is 91.0 Å². The predicted molar refractivity (Wildman–Crippen MR) is 120 cm³/mol. The highest BCUT2D eigenvalue weighted by Crippen LogP contribution is 2.53. The Hall–Kier alpha value is -2.83. The Balaban J connectivity index is 1.84. The van der Waals surface area contributed by atoms with E-state index in [0.717, 1.165) is 10.6 Å². The number of rotatable bonds is 2. The van der Waals surface area contributed by atoms with Crippen LogP contribution in [-0.4, -0.2) is 0 Å². The van der Waals surface area contributed by atoms with Gasteiger partial charge in [-0.25, -0.2) is 0 Å². The van der Waals surface area contributed by atoms with Crippen molar-refractivity contribution in [3.8, 4) is 33.4 Å². The van der Waals surface area contributed by atoms with E-state index >= 15 is 0 Å². The van der Waals surface area contributed by atoms with E-state index in [0.29, 0.717) is 0 Å². The number of hydrogen-bond acceptors (Lipinski definition) is 0. The molecule has 0 spiro atoms. The van der Waals surface area contributed by atoms with Crippen LogP contribution in [0.1, 0.15) is 25.0 Å². The first-order valence-electron chi connectivity index (χ1n) is 9.67. The molecule has 0 saturated heterocycles. The van der Waals surface area contributed by atoms with Gasteiger partial charge < -0.3 is 0 Å². The fraction of sp³-hybridized carbons (Fsp3) is 0.111. The lowest BCUT2D eigenvalue weighted by Gasteiger charge is -2.25. The minimum Gasteiger partial charge on any atom is -0.0836 e. The Bertz CT molecular complexity index is 1190. The first-order chi connectivity index (χ1) is 13.6. The number of fused-ring (bicyclic) bond motifs is 3. The fourth-order valence-electron chi connectivity index (χ4n) is 4.71. The molecule has 136 valence electrons. The maximum absolute atomic E-state index is 6.82. The van der Waals surface area contributed by atoms with Crippen LogP contribution in [0.4, 0.5) is 0 Å². The Morgan fingerprint density at radius 3 is 2.00 bits per heavy atom. The maximum atomic E-state index is 6.82. The van der Waals surface area contributed by atoms with Gasteiger partial charge in [0.25, 0.3) is 0 Å². The van der Waals surface area contributed by atoms with Gasteiger partial charge in [0, 0.05) is 16.0 Å². The summed E-state index contributed by atoms with van der Waals surface area (Å²) < 4.78 is 0. The van der Waals surface area contributed by atoms with Gasteiger partial charge in [0.1, 0.15) is 0 Å². The van der Waals surface area contributed by atoms with Crippen molar-refractivity contribution in [3.63, 3.8) is 0 Å². The van der Waals surface area contributed by atoms with Gasteiger partial charge in [-0.1, -0.05) is 110 Å². The first-order valence-corrected chi connectivity index (χ1v) is 10.0. The third kappa shape index (κ3) is 2.45. The summed E-state index contributed by atoms with van der Waals surface area (Å²) in [5.74, 6) is 0. The van der Waals surface area contributed by atoms with Gasteiger partial charge in [-0.05, 0) is 45.0 Å². The van der Waals surface area contributed by atoms with Crippen molar-refractivity contribution in [1.82, 2.24) is 0 Å². The minimum atomic E-state index is -0.0738. The molecule has 0 N–H and O–H groups in total. The van der Waals surface area contributed by atoms with Gasteiger partial charge in [0.2, 0.25) is 0 Å². The lowest BCUT2D eigenvalue weighted by Crippen LogP contribution is -2.16. The fourth-order valence-corrected chi connectivity index (χ4v) is 4.99. The van der Waals surface area contributed by atoms with Crippen LogP contribution < -0.4 is 0 Å². The van der Waals surface area contributed by atoms with Crippen LogP contribution in [0.2, 0.25) is 5.02 Å². The zero-order chi connectivity index (χ0) is 19.3. The first kappa shape index (κ1) is 17.3. The molecule has 0 aromatic heterocycles. The average Bonchev–Trinajstić information content (AvgIpc) is 2.96. The van der Waals surface area contributed by atoms with E-state index < -0.39 is 0 Å². The Morgan fingerprint density at radius 1 is 0.571 bits per heavy atom. The van der Waals surface area contributed by atoms with Crippen molar-refractivity contribution in [2.24, 2.45) is 0 Å². The van der Waals surface area contributed by atoms with Gasteiger partial charge in [-0.15, -0.1) is 0 Å². The molecule has 4 aromatic carbocycles. The standard InChI is InChI=1S/C27H21Cl/c1-27(2)23-16-7-6-12-20(23)21-14-8-15-22(26(21)27)25-19(13-9-17-24(25)28)18-10-4-3-5-11-18/h3-17H,1-2H3. The molecule has 1 heteroatoms. The van der Waals surface area contributed by atoms with Crippen molar-refractivity contribution in [2.45, 2.75) is 19.3 Å². The number of halogens is 1. The van der Waals surface area contributed by atoms with Crippen molar-refractivity contribution in [2.75, 3.05) is 0 Å². The highest BCUT2D eigenvalue weighted by Gasteiger charge is 2.37. The second-order valence-corrected chi connectivity index (χ2v) is 8.33. The second kappa shape index (κ2) is 6.36. The van der Waals surface area contributed by atoms with Gasteiger partial charge in [0.15, 0.2) is 0 Å². The van der Waals surface area contributed by atoms with E-state index in [1.807, 2.05) is 18.2 Å². The number of benzene rings is 4. The van der Waals surface area contributed by atoms with E-state index in [4.69, 9.17) is 11.6 Å². The maximum Gasteiger partial charge on any atom is 0.0490 e. The molecule has 0 atom stereocenters. The summed E-state index contributed by atoms with van der Waals surface area (Å²) in [5.41, 5.74) is 10.0. The molecule has 1 aliphatic rings. The third-order valence-corrected chi connectivity index (χ3v) is 6.26. The normalized spacial score (nSPS) is 13.8. The molecule has 0 radical (unpaired) electrons. The lowest BCUT2D eigenvalue weighted by atomic mass is 9.78. The summed E-state index contributed by atoms with van der Waals surface area (Å²) in [6.45, 7) is 4.64. The van der Waals surface area contributed by atoms with Crippen LogP contribution in [0.3, 0.4) is 0 Å². The molecule has 0 fully saturated rings. The van der Waals surface area contributed by atoms with Gasteiger partial charge in [-0.2, -0.15) is 0 Å². The Labute approximate surface area is 171 Å². The molecule has 5 rings (SSSR count). The summed E-state index contributed by atoms with van der Waals surface area (Å²) >= 11 is 6.82. The molecule has 0 bridgehead atoms. The molecule has 0 heterocycles. The highest BCUT2D eigenvalue weighted by molar-refractivity contribution is 6.34. The average molecular weight is 381 g/mol. The van der Waals surface area contributed by atoms with Gasteiger partial charge in [-0.3, -0.25) is 0 Å². The quantitative estimate of drug-likeness (QED) is 0.330. The molecule has 0 nitrogen and oxygen atoms in total. The molecule has 0 unspecified atom stereocenters. The van der Waals surface area contributed by atoms with Gasteiger partial charge >= 0.3 is 0 Å². The molecule has 0 amide bonds. The van der Waals surface area contributed by atoms with E-state index in [9.17, 15) is 0 Å². The smallest absolute Gasteiger partial charge is 0.0490 e. The Morgan fingerprint density at radius 2 is 1.18 bits per heavy atom. The lowest BCUT2D eigenvalue weighted by molar-refractivity contribution is 0.662. The molecule has 0 aliphatic heterocycles. The summed E-state index contributed by atoms with van der Waals surface area (Å²) in [6, 6.07) is 32.1. The van der Waals surface area contributed by atoms with Crippen molar-refractivity contribution in [1.29, 1.82) is 0 Å². The second-order valence-electron chi connectivity index (χ2n) is 7.93. The molecule has 4 aromatic rings. The zero-order valence-electron chi connectivity index (χ0n) is 16.0. The van der Waals surface area contributed by atoms with E-state index in [-0.39, 0.29) is 5.41 Å². The highest BCUT2D eigenvalue weighted by atomic mass is 35.5. The minimum absolute atomic E-state index is 0.0738. The van der Waals surface area contributed by atoms with Crippen LogP contribution >= 0.6 is 11.6 Å². The van der Waals surface area contributed by atoms with Crippen LogP contribution in [-0.2, 0) is 5.41 Å². The van der Waals surface area contributed by atoms with Crippen molar-refractivity contribution in [3.05, 3.63) is 107 Å². The van der Waals surface area contributed by atoms with E-state index in [1.54, 1.807) is 0 Å². The SMILES string of the molecule is CC1(C)c2ccccc2-c2cccc(-c3c(Cl)cccc3-c3ccccc3)c21. The van der Waals surface area contributed by atoms with Crippen LogP contribution in [0.25, 0.3) is 33.4 Å². The molecule has 0 saturated carbocycles. The van der Waals surface area contributed by atoms with Gasteiger partial charge in [0.05, 0.1) is 0 Å². The van der Waals surface area contributed by atoms with Crippen molar-refractivity contribution >= 4 is 11.6 Å². The topological polar surface area (TPSA) is 0 Å².